The van der Waals surface area contributed by atoms with Crippen LogP contribution >= 0.6 is 11.8 Å². The Kier molecular flexibility index (Phi) is 6.11. The predicted octanol–water partition coefficient (Wildman–Crippen LogP) is 4.13. The van der Waals surface area contributed by atoms with Gasteiger partial charge in [0, 0.05) is 25.6 Å². The number of nitrogens with two attached hydrogens (primary N) is 1. The molecule has 1 heterocycles. The zero-order chi connectivity index (χ0) is 19.6. The lowest BCUT2D eigenvalue weighted by Gasteiger charge is -2.27. The second-order valence-corrected chi connectivity index (χ2v) is 7.78. The number of rotatable bonds is 3. The summed E-state index contributed by atoms with van der Waals surface area (Å²) in [6.45, 7) is 5.33. The van der Waals surface area contributed by atoms with Crippen LogP contribution in [0.4, 0.5) is 8.78 Å². The Labute approximate surface area is 157 Å². The topological polar surface area (TPSA) is 58.7 Å². The van der Waals surface area contributed by atoms with Gasteiger partial charge in [0.1, 0.15) is 10.6 Å². The number of nitrogens with zero attached hydrogens (tertiary/aromatic N) is 2. The molecular formula is C19H25F2N3OS. The number of carbonyl (C=O) groups is 1. The van der Waals surface area contributed by atoms with E-state index >= 15 is 0 Å². The van der Waals surface area contributed by atoms with Crippen LogP contribution in [0.15, 0.2) is 29.0 Å². The van der Waals surface area contributed by atoms with Crippen LogP contribution < -0.4 is 5.73 Å². The molecule has 142 valence electrons. The van der Waals surface area contributed by atoms with Gasteiger partial charge in [0.05, 0.1) is 11.9 Å². The number of thioether (sulfide) groups is 1. The Morgan fingerprint density at radius 1 is 1.42 bits per heavy atom. The first-order valence-corrected chi connectivity index (χ1v) is 9.43. The molecule has 3 unspecified atom stereocenters. The van der Waals surface area contributed by atoms with Gasteiger partial charge in [-0.15, -0.1) is 0 Å². The maximum Gasteiger partial charge on any atom is 0.239 e. The molecule has 1 amide bonds. The number of allylic oxidation sites excluding steroid dienone is 1. The Balaban J connectivity index is 0.00000117. The zero-order valence-electron chi connectivity index (χ0n) is 15.7. The molecule has 1 aliphatic heterocycles. The van der Waals surface area contributed by atoms with E-state index in [4.69, 9.17) is 5.73 Å². The molecule has 3 atom stereocenters. The molecule has 3 rings (SSSR count). The number of carbonyl (C=O) groups excluding carboxylic acids is 1. The molecule has 2 aliphatic rings. The fourth-order valence-corrected chi connectivity index (χ4v) is 4.61. The van der Waals surface area contributed by atoms with Gasteiger partial charge in [0.15, 0.2) is 5.17 Å². The molecule has 0 bridgehead atoms. The van der Waals surface area contributed by atoms with Gasteiger partial charge in [0.2, 0.25) is 5.91 Å². The van der Waals surface area contributed by atoms with E-state index in [1.165, 1.54) is 41.8 Å². The molecule has 1 aromatic rings. The molecule has 1 fully saturated rings. The molecule has 4 nitrogen and oxygen atoms in total. The molecule has 2 N–H and O–H groups in total. The van der Waals surface area contributed by atoms with E-state index in [-0.39, 0.29) is 22.8 Å². The summed E-state index contributed by atoms with van der Waals surface area (Å²) in [6.07, 6.45) is 1.93. The number of aliphatic imine (C=N–C) groups is 1. The second kappa shape index (κ2) is 7.78. The van der Waals surface area contributed by atoms with Crippen molar-refractivity contribution in [3.05, 3.63) is 41.0 Å². The third-order valence-electron chi connectivity index (χ3n) is 4.37. The lowest BCUT2D eigenvalue weighted by atomic mass is 9.98. The number of fused-ring (bicyclic) bond motifs is 1. The van der Waals surface area contributed by atoms with Crippen molar-refractivity contribution in [2.24, 2.45) is 16.6 Å². The average molecular weight is 381 g/mol. The highest BCUT2D eigenvalue weighted by molar-refractivity contribution is 8.15. The van der Waals surface area contributed by atoms with Crippen molar-refractivity contribution < 1.29 is 13.6 Å². The van der Waals surface area contributed by atoms with Crippen molar-refractivity contribution in [2.75, 3.05) is 14.1 Å². The van der Waals surface area contributed by atoms with E-state index < -0.39 is 16.6 Å². The predicted molar refractivity (Wildman–Crippen MR) is 104 cm³/mol. The van der Waals surface area contributed by atoms with Gasteiger partial charge in [0.25, 0.3) is 0 Å². The van der Waals surface area contributed by atoms with Gasteiger partial charge in [-0.1, -0.05) is 31.7 Å². The fraction of sp³-hybridized carbons (Fsp3) is 0.474. The van der Waals surface area contributed by atoms with Gasteiger partial charge in [-0.05, 0) is 37.1 Å². The van der Waals surface area contributed by atoms with Crippen molar-refractivity contribution in [2.45, 2.75) is 38.0 Å². The summed E-state index contributed by atoms with van der Waals surface area (Å²) < 4.78 is 26.8. The summed E-state index contributed by atoms with van der Waals surface area (Å²) in [4.78, 5) is 18.4. The van der Waals surface area contributed by atoms with E-state index in [0.29, 0.717) is 17.5 Å². The van der Waals surface area contributed by atoms with Crippen molar-refractivity contribution in [3.63, 3.8) is 0 Å². The number of halogens is 2. The second-order valence-electron chi connectivity index (χ2n) is 6.43. The van der Waals surface area contributed by atoms with Crippen LogP contribution in [0.3, 0.4) is 0 Å². The summed E-state index contributed by atoms with van der Waals surface area (Å²) in [6, 6.07) is 3.87. The summed E-state index contributed by atoms with van der Waals surface area (Å²) in [5.41, 5.74) is 6.83. The first-order chi connectivity index (χ1) is 12.2. The third kappa shape index (κ3) is 3.77. The minimum atomic E-state index is -0.658. The first-order valence-electron chi connectivity index (χ1n) is 8.62. The summed E-state index contributed by atoms with van der Waals surface area (Å²) >= 11 is 1.26. The maximum absolute atomic E-state index is 14.4. The minimum Gasteiger partial charge on any atom is -0.378 e. The minimum absolute atomic E-state index is 0.0311. The standard InChI is InChI=1S/C17H19F2N3OS.C2H6/c1-9(18)6-10-4-5-13(19)11(7-10)14-12-8-17(12,15(23)22(2)3)24-16(20)21-14;1-2/h4-7,12,14H,8H2,1-3H3,(H2,20,21);1-2H3/b9-6-;. The van der Waals surface area contributed by atoms with E-state index in [0.717, 1.165) is 0 Å². The van der Waals surface area contributed by atoms with Crippen LogP contribution in [0.5, 0.6) is 0 Å². The Morgan fingerprint density at radius 3 is 2.65 bits per heavy atom. The number of hydrogen-bond donors (Lipinski definition) is 1. The van der Waals surface area contributed by atoms with Crippen molar-refractivity contribution in [1.82, 2.24) is 4.90 Å². The molecule has 0 radical (unpaired) electrons. The maximum atomic E-state index is 14.4. The quantitative estimate of drug-likeness (QED) is 0.856. The lowest BCUT2D eigenvalue weighted by Crippen LogP contribution is -2.39. The van der Waals surface area contributed by atoms with Gasteiger partial charge >= 0.3 is 0 Å². The van der Waals surface area contributed by atoms with Crippen molar-refractivity contribution in [1.29, 1.82) is 0 Å². The molecule has 0 spiro atoms. The van der Waals surface area contributed by atoms with Gasteiger partial charge in [-0.3, -0.25) is 9.79 Å². The average Bonchev–Trinajstić information content (AvgIpc) is 3.32. The Bertz CT molecular complexity index is 759. The highest BCUT2D eigenvalue weighted by Crippen LogP contribution is 2.64. The molecule has 0 aromatic heterocycles. The van der Waals surface area contributed by atoms with Crippen molar-refractivity contribution >= 4 is 28.9 Å². The SMILES string of the molecule is C/C(F)=C/c1ccc(F)c(C2N=C(N)SC3(C(=O)N(C)C)CC23)c1.CC. The zero-order valence-corrected chi connectivity index (χ0v) is 16.5. The monoisotopic (exact) mass is 381 g/mol. The van der Waals surface area contributed by atoms with Crippen LogP contribution in [0.1, 0.15) is 44.4 Å². The van der Waals surface area contributed by atoms with Crippen molar-refractivity contribution in [3.8, 4) is 0 Å². The van der Waals surface area contributed by atoms with Gasteiger partial charge in [-0.2, -0.15) is 0 Å². The molecular weight excluding hydrogens is 356 g/mol. The number of benzene rings is 1. The van der Waals surface area contributed by atoms with Crippen LogP contribution in [-0.2, 0) is 4.79 Å². The van der Waals surface area contributed by atoms with E-state index in [1.807, 2.05) is 13.8 Å². The summed E-state index contributed by atoms with van der Waals surface area (Å²) in [5.74, 6) is -0.921. The van der Waals surface area contributed by atoms with E-state index in [1.54, 1.807) is 20.2 Å². The van der Waals surface area contributed by atoms with Crippen LogP contribution in [0, 0.1) is 11.7 Å². The highest BCUT2D eigenvalue weighted by Gasteiger charge is 2.67. The summed E-state index contributed by atoms with van der Waals surface area (Å²) in [7, 11) is 3.39. The fourth-order valence-electron chi connectivity index (χ4n) is 3.25. The first kappa shape index (κ1) is 20.4. The van der Waals surface area contributed by atoms with Crippen LogP contribution in [0.2, 0.25) is 0 Å². The molecule has 1 aliphatic carbocycles. The Hall–Kier alpha value is -1.89. The third-order valence-corrected chi connectivity index (χ3v) is 5.69. The van der Waals surface area contributed by atoms with Gasteiger partial charge in [-0.25, -0.2) is 8.78 Å². The Morgan fingerprint density at radius 2 is 2.08 bits per heavy atom. The summed E-state index contributed by atoms with van der Waals surface area (Å²) in [5, 5.41) is 0.283. The van der Waals surface area contributed by atoms with Crippen LogP contribution in [-0.4, -0.2) is 34.8 Å². The largest absolute Gasteiger partial charge is 0.378 e. The molecule has 26 heavy (non-hydrogen) atoms. The van der Waals surface area contributed by atoms with Crippen LogP contribution in [0.25, 0.3) is 6.08 Å². The molecule has 0 saturated heterocycles. The number of amides is 1. The molecule has 1 saturated carbocycles. The normalized spacial score (nSPS) is 26.9. The number of amidine groups is 1. The van der Waals surface area contributed by atoms with E-state index in [2.05, 4.69) is 4.99 Å². The number of hydrogen-bond acceptors (Lipinski definition) is 4. The highest BCUT2D eigenvalue weighted by atomic mass is 32.2. The molecule has 1 aromatic carbocycles. The van der Waals surface area contributed by atoms with Gasteiger partial charge < -0.3 is 10.6 Å². The van der Waals surface area contributed by atoms with E-state index in [9.17, 15) is 13.6 Å². The molecule has 7 heteroatoms. The smallest absolute Gasteiger partial charge is 0.239 e. The lowest BCUT2D eigenvalue weighted by molar-refractivity contribution is -0.129.